The van der Waals surface area contributed by atoms with Crippen LogP contribution in [0.2, 0.25) is 0 Å². The average molecular weight is 250 g/mol. The fourth-order valence-electron chi connectivity index (χ4n) is 2.44. The summed E-state index contributed by atoms with van der Waals surface area (Å²) in [4.78, 5) is 2.26. The van der Waals surface area contributed by atoms with E-state index in [0.717, 1.165) is 24.2 Å². The Morgan fingerprint density at radius 3 is 2.72 bits per heavy atom. The van der Waals surface area contributed by atoms with Gasteiger partial charge >= 0.3 is 0 Å². The smallest absolute Gasteiger partial charge is 0.146 e. The maximum atomic E-state index is 14.2. The molecule has 0 radical (unpaired) electrons. The number of nitrogens with zero attached hydrogens (tertiary/aromatic N) is 1. The highest BCUT2D eigenvalue weighted by molar-refractivity contribution is 5.57. The van der Waals surface area contributed by atoms with Gasteiger partial charge in [0.05, 0.1) is 5.69 Å². The molecule has 1 N–H and O–H groups in total. The zero-order valence-electron chi connectivity index (χ0n) is 11.5. The van der Waals surface area contributed by atoms with Crippen molar-refractivity contribution in [3.63, 3.8) is 0 Å². The van der Waals surface area contributed by atoms with Crippen molar-refractivity contribution in [2.24, 2.45) is 0 Å². The highest BCUT2D eigenvalue weighted by atomic mass is 19.1. The van der Waals surface area contributed by atoms with E-state index < -0.39 is 0 Å². The molecule has 1 unspecified atom stereocenters. The molecule has 1 aliphatic carbocycles. The quantitative estimate of drug-likeness (QED) is 0.831. The molecule has 0 aromatic heterocycles. The second-order valence-electron chi connectivity index (χ2n) is 5.11. The number of hydrogen-bond donors (Lipinski definition) is 1. The minimum absolute atomic E-state index is 0.0880. The molecule has 0 aliphatic heterocycles. The van der Waals surface area contributed by atoms with Gasteiger partial charge in [0, 0.05) is 18.6 Å². The van der Waals surface area contributed by atoms with Gasteiger partial charge in [-0.2, -0.15) is 0 Å². The average Bonchev–Trinajstić information content (AvgIpc) is 3.19. The number of anilines is 1. The van der Waals surface area contributed by atoms with Crippen molar-refractivity contribution in [1.29, 1.82) is 0 Å². The molecule has 1 aromatic rings. The largest absolute Gasteiger partial charge is 0.366 e. The third-order valence-electron chi connectivity index (χ3n) is 3.66. The van der Waals surface area contributed by atoms with Gasteiger partial charge < -0.3 is 10.2 Å². The summed E-state index contributed by atoms with van der Waals surface area (Å²) in [6, 6.07) is 6.13. The van der Waals surface area contributed by atoms with Gasteiger partial charge in [0.1, 0.15) is 5.82 Å². The van der Waals surface area contributed by atoms with Crippen LogP contribution < -0.4 is 10.2 Å². The summed E-state index contributed by atoms with van der Waals surface area (Å²) in [5.41, 5.74) is 1.88. The lowest BCUT2D eigenvalue weighted by Crippen LogP contribution is -2.30. The Morgan fingerprint density at radius 2 is 2.17 bits per heavy atom. The van der Waals surface area contributed by atoms with Gasteiger partial charge in [-0.3, -0.25) is 0 Å². The maximum Gasteiger partial charge on any atom is 0.146 e. The summed E-state index contributed by atoms with van der Waals surface area (Å²) >= 11 is 0. The van der Waals surface area contributed by atoms with E-state index in [1.165, 1.54) is 12.8 Å². The molecule has 0 saturated heterocycles. The predicted octanol–water partition coefficient (Wildman–Crippen LogP) is 3.48. The van der Waals surface area contributed by atoms with Crippen LogP contribution in [0.15, 0.2) is 18.2 Å². The van der Waals surface area contributed by atoms with Gasteiger partial charge in [0.25, 0.3) is 0 Å². The van der Waals surface area contributed by atoms with Crippen molar-refractivity contribution in [3.8, 4) is 0 Å². The summed E-state index contributed by atoms with van der Waals surface area (Å²) in [6.07, 6.45) is 3.45. The van der Waals surface area contributed by atoms with Crippen LogP contribution in [0.1, 0.15) is 44.7 Å². The molecule has 0 spiro atoms. The first kappa shape index (κ1) is 13.3. The zero-order valence-corrected chi connectivity index (χ0v) is 11.5. The van der Waals surface area contributed by atoms with Crippen molar-refractivity contribution in [3.05, 3.63) is 29.6 Å². The van der Waals surface area contributed by atoms with E-state index in [1.807, 2.05) is 13.1 Å². The van der Waals surface area contributed by atoms with Crippen LogP contribution in [0.25, 0.3) is 0 Å². The molecular weight excluding hydrogens is 227 g/mol. The molecule has 2 nitrogen and oxygen atoms in total. The molecule has 2 rings (SSSR count). The summed E-state index contributed by atoms with van der Waals surface area (Å²) < 4.78 is 14.2. The molecular formula is C15H23FN2. The molecule has 18 heavy (non-hydrogen) atoms. The minimum atomic E-state index is -0.0880. The van der Waals surface area contributed by atoms with Crippen LogP contribution >= 0.6 is 0 Å². The van der Waals surface area contributed by atoms with Gasteiger partial charge in [-0.1, -0.05) is 19.1 Å². The third kappa shape index (κ3) is 2.66. The highest BCUT2D eigenvalue weighted by Gasteiger charge is 2.32. The number of halogens is 1. The lowest BCUT2D eigenvalue weighted by molar-refractivity contribution is 0.593. The Kier molecular flexibility index (Phi) is 4.23. The first-order valence-corrected chi connectivity index (χ1v) is 6.91. The molecule has 0 heterocycles. The topological polar surface area (TPSA) is 15.3 Å². The van der Waals surface area contributed by atoms with E-state index in [1.54, 1.807) is 12.1 Å². The van der Waals surface area contributed by atoms with Crippen molar-refractivity contribution >= 4 is 5.69 Å². The van der Waals surface area contributed by atoms with Gasteiger partial charge in [-0.15, -0.1) is 0 Å². The predicted molar refractivity (Wildman–Crippen MR) is 74.5 cm³/mol. The minimum Gasteiger partial charge on any atom is -0.366 e. The second kappa shape index (κ2) is 5.70. The summed E-state index contributed by atoms with van der Waals surface area (Å²) in [7, 11) is 1.92. The number of para-hydroxylation sites is 1. The maximum absolute atomic E-state index is 14.2. The van der Waals surface area contributed by atoms with E-state index in [2.05, 4.69) is 24.1 Å². The van der Waals surface area contributed by atoms with Crippen molar-refractivity contribution in [2.75, 3.05) is 18.5 Å². The van der Waals surface area contributed by atoms with Gasteiger partial charge in [-0.05, 0) is 44.9 Å². The molecule has 1 saturated carbocycles. The molecule has 1 aliphatic rings. The number of rotatable bonds is 6. The second-order valence-corrected chi connectivity index (χ2v) is 5.11. The summed E-state index contributed by atoms with van der Waals surface area (Å²) in [5, 5.41) is 3.21. The van der Waals surface area contributed by atoms with Crippen LogP contribution in [0.3, 0.4) is 0 Å². The Morgan fingerprint density at radius 1 is 1.44 bits per heavy atom. The molecule has 100 valence electrons. The summed E-state index contributed by atoms with van der Waals surface area (Å²) in [6.45, 7) is 5.17. The lowest BCUT2D eigenvalue weighted by atomic mass is 10.0. The monoisotopic (exact) mass is 250 g/mol. The van der Waals surface area contributed by atoms with Crippen LogP contribution in [0, 0.1) is 5.82 Å². The number of benzene rings is 1. The van der Waals surface area contributed by atoms with Gasteiger partial charge in [0.2, 0.25) is 0 Å². The van der Waals surface area contributed by atoms with Crippen LogP contribution in [-0.4, -0.2) is 19.6 Å². The molecule has 1 aromatic carbocycles. The van der Waals surface area contributed by atoms with E-state index in [9.17, 15) is 4.39 Å². The molecule has 1 fully saturated rings. The molecule has 1 atom stereocenters. The normalized spacial score (nSPS) is 16.7. The fourth-order valence-corrected chi connectivity index (χ4v) is 2.44. The van der Waals surface area contributed by atoms with Crippen LogP contribution in [-0.2, 0) is 0 Å². The van der Waals surface area contributed by atoms with Crippen LogP contribution in [0.4, 0.5) is 10.1 Å². The van der Waals surface area contributed by atoms with E-state index in [-0.39, 0.29) is 11.9 Å². The highest BCUT2D eigenvalue weighted by Crippen LogP contribution is 2.37. The fraction of sp³-hybridized carbons (Fsp3) is 0.600. The van der Waals surface area contributed by atoms with Crippen molar-refractivity contribution in [1.82, 2.24) is 5.32 Å². The van der Waals surface area contributed by atoms with E-state index >= 15 is 0 Å². The van der Waals surface area contributed by atoms with Crippen molar-refractivity contribution in [2.45, 2.75) is 45.2 Å². The van der Waals surface area contributed by atoms with E-state index in [0.29, 0.717) is 6.04 Å². The lowest BCUT2D eigenvalue weighted by Gasteiger charge is -2.29. The molecule has 0 amide bonds. The number of hydrogen-bond acceptors (Lipinski definition) is 2. The first-order chi connectivity index (χ1) is 8.69. The standard InChI is InChI=1S/C15H23FN2/c1-4-10-18(12-8-9-12)15-13(11(2)17-3)6-5-7-14(15)16/h5-7,11-12,17H,4,8-10H2,1-3H3. The Balaban J connectivity index is 2.39. The third-order valence-corrected chi connectivity index (χ3v) is 3.66. The Hall–Kier alpha value is -1.09. The molecule has 0 bridgehead atoms. The Bertz CT molecular complexity index is 401. The first-order valence-electron chi connectivity index (χ1n) is 6.91. The van der Waals surface area contributed by atoms with E-state index in [4.69, 9.17) is 0 Å². The van der Waals surface area contributed by atoms with Gasteiger partial charge in [0.15, 0.2) is 0 Å². The van der Waals surface area contributed by atoms with Gasteiger partial charge in [-0.25, -0.2) is 4.39 Å². The molecule has 3 heteroatoms. The number of nitrogens with one attached hydrogen (secondary N) is 1. The SMILES string of the molecule is CCCN(c1c(F)cccc1C(C)NC)C1CC1. The summed E-state index contributed by atoms with van der Waals surface area (Å²) in [5.74, 6) is -0.0880. The van der Waals surface area contributed by atoms with Crippen LogP contribution in [0.5, 0.6) is 0 Å². The zero-order chi connectivity index (χ0) is 13.1. The van der Waals surface area contributed by atoms with Crippen molar-refractivity contribution < 1.29 is 4.39 Å². The Labute approximate surface area is 109 Å².